The van der Waals surface area contributed by atoms with Gasteiger partial charge in [0.05, 0.1) is 6.61 Å². The summed E-state index contributed by atoms with van der Waals surface area (Å²) in [5.74, 6) is 0.433. The average molecular weight is 440 g/mol. The summed E-state index contributed by atoms with van der Waals surface area (Å²) in [6.07, 6.45) is 7.45. The monoisotopic (exact) mass is 439 g/mol. The first-order valence-corrected chi connectivity index (χ1v) is 11.2. The van der Waals surface area contributed by atoms with Crippen LogP contribution in [0.4, 0.5) is 5.82 Å². The van der Waals surface area contributed by atoms with Gasteiger partial charge in [0.25, 0.3) is 6.47 Å². The highest BCUT2D eigenvalue weighted by Gasteiger charge is 2.19. The maximum atomic E-state index is 8.36. The van der Waals surface area contributed by atoms with Crippen LogP contribution in [0.15, 0.2) is 30.5 Å². The number of likely N-dealkylation sites (tertiary alicyclic amines) is 1. The molecule has 8 heteroatoms. The lowest BCUT2D eigenvalue weighted by molar-refractivity contribution is -0.122. The minimum absolute atomic E-state index is 0.250. The van der Waals surface area contributed by atoms with Gasteiger partial charge < -0.3 is 20.6 Å². The minimum Gasteiger partial charge on any atom is -0.483 e. The predicted octanol–water partition coefficient (Wildman–Crippen LogP) is 4.17. The summed E-state index contributed by atoms with van der Waals surface area (Å²) in [6.45, 7) is 7.21. The van der Waals surface area contributed by atoms with Gasteiger partial charge in [0, 0.05) is 24.2 Å². The minimum atomic E-state index is -0.250. The number of hydrogen-bond donors (Lipinski definition) is 3. The number of aromatic amines is 1. The number of H-pyrrole nitrogens is 1. The summed E-state index contributed by atoms with van der Waals surface area (Å²) in [5.41, 5.74) is 11.5. The standard InChI is InChI=1S/C23H31N5O.CH2O2/c1-3-4-13-29-23-26-20-19(15-25-21(20)22(24)27-23)14-17-7-9-18(10-8-17)16(2)28-11-5-6-12-28;2-1-3/h7-10,15-16,25H,3-6,11-14H2,1-2H3,(H2,24,26,27);1H,(H,2,3). The molecule has 0 aliphatic carbocycles. The van der Waals surface area contributed by atoms with E-state index in [1.54, 1.807) is 0 Å². The van der Waals surface area contributed by atoms with Gasteiger partial charge in [-0.15, -0.1) is 0 Å². The third kappa shape index (κ3) is 5.76. The van der Waals surface area contributed by atoms with Crippen molar-refractivity contribution in [2.75, 3.05) is 25.4 Å². The SMILES string of the molecule is CCCCOc1nc(N)c2[nH]cc(Cc3ccc(C(C)N4CCCC4)cc3)c2n1.O=CO. The van der Waals surface area contributed by atoms with Crippen LogP contribution in [0, 0.1) is 0 Å². The summed E-state index contributed by atoms with van der Waals surface area (Å²) in [6, 6.07) is 9.81. The number of unbranched alkanes of at least 4 members (excludes halogenated alkanes) is 1. The van der Waals surface area contributed by atoms with Crippen LogP contribution >= 0.6 is 0 Å². The molecule has 1 unspecified atom stereocenters. The molecule has 4 N–H and O–H groups in total. The van der Waals surface area contributed by atoms with Gasteiger partial charge in [-0.05, 0) is 50.4 Å². The van der Waals surface area contributed by atoms with Gasteiger partial charge in [0.1, 0.15) is 11.0 Å². The average Bonchev–Trinajstić information content (AvgIpc) is 3.46. The fraction of sp³-hybridized carbons (Fsp3) is 0.458. The number of nitrogens with one attached hydrogen (secondary N) is 1. The molecule has 8 nitrogen and oxygen atoms in total. The fourth-order valence-corrected chi connectivity index (χ4v) is 4.04. The Morgan fingerprint density at radius 3 is 2.59 bits per heavy atom. The zero-order chi connectivity index (χ0) is 22.9. The zero-order valence-electron chi connectivity index (χ0n) is 18.9. The first-order valence-electron chi connectivity index (χ1n) is 11.2. The summed E-state index contributed by atoms with van der Waals surface area (Å²) < 4.78 is 5.68. The second kappa shape index (κ2) is 11.5. The molecule has 1 aromatic carbocycles. The Hall–Kier alpha value is -3.13. The van der Waals surface area contributed by atoms with Crippen LogP contribution in [-0.2, 0) is 11.2 Å². The van der Waals surface area contributed by atoms with Gasteiger partial charge in [-0.1, -0.05) is 37.6 Å². The van der Waals surface area contributed by atoms with E-state index >= 15 is 0 Å². The topological polar surface area (TPSA) is 117 Å². The Morgan fingerprint density at radius 1 is 1.25 bits per heavy atom. The van der Waals surface area contributed by atoms with Crippen molar-refractivity contribution in [2.24, 2.45) is 0 Å². The fourth-order valence-electron chi connectivity index (χ4n) is 4.04. The first kappa shape index (κ1) is 23.5. The molecule has 0 radical (unpaired) electrons. The van der Waals surface area contributed by atoms with E-state index in [1.807, 2.05) is 6.20 Å². The lowest BCUT2D eigenvalue weighted by atomic mass is 10.0. The molecule has 1 atom stereocenters. The Balaban J connectivity index is 0.000000913. The third-order valence-electron chi connectivity index (χ3n) is 5.89. The van der Waals surface area contributed by atoms with Gasteiger partial charge in [0.2, 0.25) is 0 Å². The number of rotatable bonds is 8. The van der Waals surface area contributed by atoms with Gasteiger partial charge >= 0.3 is 6.01 Å². The maximum absolute atomic E-state index is 8.36. The van der Waals surface area contributed by atoms with Crippen LogP contribution in [0.2, 0.25) is 0 Å². The van der Waals surface area contributed by atoms with Gasteiger partial charge in [0.15, 0.2) is 5.82 Å². The van der Waals surface area contributed by atoms with Crippen molar-refractivity contribution >= 4 is 23.3 Å². The van der Waals surface area contributed by atoms with Gasteiger partial charge in [-0.2, -0.15) is 9.97 Å². The molecule has 32 heavy (non-hydrogen) atoms. The van der Waals surface area contributed by atoms with E-state index < -0.39 is 0 Å². The number of aromatic nitrogens is 3. The van der Waals surface area contributed by atoms with Crippen LogP contribution in [0.3, 0.4) is 0 Å². The molecule has 2 aromatic heterocycles. The Labute approximate surface area is 188 Å². The molecule has 0 saturated carbocycles. The van der Waals surface area contributed by atoms with Crippen LogP contribution < -0.4 is 10.5 Å². The lowest BCUT2D eigenvalue weighted by Crippen LogP contribution is -2.23. The molecule has 0 spiro atoms. The number of anilines is 1. The molecule has 172 valence electrons. The van der Waals surface area contributed by atoms with E-state index in [4.69, 9.17) is 20.4 Å². The number of nitrogens with zero attached hydrogens (tertiary/aromatic N) is 3. The van der Waals surface area contributed by atoms with Crippen molar-refractivity contribution in [1.82, 2.24) is 19.9 Å². The molecule has 1 aliphatic heterocycles. The Morgan fingerprint density at radius 2 is 1.94 bits per heavy atom. The van der Waals surface area contributed by atoms with Gasteiger partial charge in [-0.3, -0.25) is 9.69 Å². The zero-order valence-corrected chi connectivity index (χ0v) is 18.9. The summed E-state index contributed by atoms with van der Waals surface area (Å²) in [4.78, 5) is 23.0. The van der Waals surface area contributed by atoms with E-state index in [9.17, 15) is 0 Å². The normalized spacial score (nSPS) is 14.7. The van der Waals surface area contributed by atoms with Crippen LogP contribution in [0.1, 0.15) is 62.3 Å². The quantitative estimate of drug-likeness (QED) is 0.356. The Kier molecular flexibility index (Phi) is 8.44. The second-order valence-corrected chi connectivity index (χ2v) is 8.07. The van der Waals surface area contributed by atoms with Crippen molar-refractivity contribution in [3.8, 4) is 6.01 Å². The number of nitrogens with two attached hydrogens (primary N) is 1. The Bertz CT molecular complexity index is 997. The maximum Gasteiger partial charge on any atom is 0.319 e. The highest BCUT2D eigenvalue weighted by molar-refractivity contribution is 5.87. The number of fused-ring (bicyclic) bond motifs is 1. The van der Waals surface area contributed by atoms with E-state index in [0.717, 1.165) is 35.9 Å². The molecule has 0 bridgehead atoms. The van der Waals surface area contributed by atoms with E-state index in [1.165, 1.54) is 37.1 Å². The highest BCUT2D eigenvalue weighted by Crippen LogP contribution is 2.27. The lowest BCUT2D eigenvalue weighted by Gasteiger charge is -2.24. The van der Waals surface area contributed by atoms with Crippen LogP contribution in [0.25, 0.3) is 11.0 Å². The smallest absolute Gasteiger partial charge is 0.319 e. The molecule has 3 heterocycles. The molecular formula is C24H33N5O3. The molecule has 4 rings (SSSR count). The summed E-state index contributed by atoms with van der Waals surface area (Å²) >= 11 is 0. The number of ether oxygens (including phenoxy) is 1. The van der Waals surface area contributed by atoms with Crippen molar-refractivity contribution in [3.63, 3.8) is 0 Å². The van der Waals surface area contributed by atoms with E-state index in [2.05, 4.69) is 58.0 Å². The van der Waals surface area contributed by atoms with Crippen molar-refractivity contribution in [1.29, 1.82) is 0 Å². The summed E-state index contributed by atoms with van der Waals surface area (Å²) in [5, 5.41) is 6.89. The molecule has 1 saturated heterocycles. The van der Waals surface area contributed by atoms with E-state index in [0.29, 0.717) is 24.5 Å². The van der Waals surface area contributed by atoms with Crippen molar-refractivity contribution < 1.29 is 14.6 Å². The molecule has 0 amide bonds. The molecular weight excluding hydrogens is 406 g/mol. The predicted molar refractivity (Wildman–Crippen MR) is 126 cm³/mol. The van der Waals surface area contributed by atoms with Crippen LogP contribution in [-0.4, -0.2) is 51.1 Å². The number of hydrogen-bond acceptors (Lipinski definition) is 6. The largest absolute Gasteiger partial charge is 0.483 e. The number of carboxylic acid groups (broad SMARTS) is 1. The number of nitrogen functional groups attached to an aromatic ring is 1. The number of benzene rings is 1. The highest BCUT2D eigenvalue weighted by atomic mass is 16.5. The second-order valence-electron chi connectivity index (χ2n) is 8.07. The number of carbonyl (C=O) groups is 1. The first-order chi connectivity index (χ1) is 15.6. The molecule has 1 aliphatic rings. The molecule has 1 fully saturated rings. The molecule has 3 aromatic rings. The third-order valence-corrected chi connectivity index (χ3v) is 5.89. The van der Waals surface area contributed by atoms with Crippen molar-refractivity contribution in [2.45, 2.75) is 52.0 Å². The van der Waals surface area contributed by atoms with Gasteiger partial charge in [-0.25, -0.2) is 0 Å². The van der Waals surface area contributed by atoms with E-state index in [-0.39, 0.29) is 6.47 Å². The summed E-state index contributed by atoms with van der Waals surface area (Å²) in [7, 11) is 0. The van der Waals surface area contributed by atoms with Crippen LogP contribution in [0.5, 0.6) is 6.01 Å². The van der Waals surface area contributed by atoms with Crippen molar-refractivity contribution in [3.05, 3.63) is 47.2 Å².